The van der Waals surface area contributed by atoms with Crippen molar-refractivity contribution in [3.05, 3.63) is 48.6 Å². The molecular formula is C63H116NO8+. The van der Waals surface area contributed by atoms with E-state index in [1.165, 1.54) is 186 Å². The van der Waals surface area contributed by atoms with Gasteiger partial charge in [-0.15, -0.1) is 0 Å². The van der Waals surface area contributed by atoms with E-state index in [-0.39, 0.29) is 38.2 Å². The Labute approximate surface area is 444 Å². The minimum absolute atomic E-state index is 0.177. The third-order valence-corrected chi connectivity index (χ3v) is 13.3. The van der Waals surface area contributed by atoms with E-state index in [1.54, 1.807) is 0 Å². The molecule has 0 radical (unpaired) electrons. The van der Waals surface area contributed by atoms with Gasteiger partial charge in [-0.3, -0.25) is 9.59 Å². The molecule has 0 amide bonds. The fraction of sp³-hybridized carbons (Fsp3) is 0.825. The number of hydrogen-bond acceptors (Lipinski definition) is 7. The normalized spacial score (nSPS) is 13.1. The fourth-order valence-electron chi connectivity index (χ4n) is 8.71. The zero-order valence-electron chi connectivity index (χ0n) is 47.8. The van der Waals surface area contributed by atoms with Crippen molar-refractivity contribution in [2.75, 3.05) is 47.5 Å². The largest absolute Gasteiger partial charge is 0.477 e. The Kier molecular flexibility index (Phi) is 52.4. The van der Waals surface area contributed by atoms with Gasteiger partial charge in [-0.25, -0.2) is 4.79 Å². The molecule has 9 nitrogen and oxygen atoms in total. The Morgan fingerprint density at radius 2 is 0.792 bits per heavy atom. The number of hydrogen-bond donors (Lipinski definition) is 1. The summed E-state index contributed by atoms with van der Waals surface area (Å²) in [6.07, 6.45) is 64.9. The number of carboxylic acids is 1. The highest BCUT2D eigenvalue weighted by atomic mass is 16.7. The van der Waals surface area contributed by atoms with E-state index < -0.39 is 18.4 Å². The van der Waals surface area contributed by atoms with Crippen molar-refractivity contribution >= 4 is 17.9 Å². The van der Waals surface area contributed by atoms with Crippen LogP contribution in [0.5, 0.6) is 0 Å². The number of rotatable bonds is 56. The van der Waals surface area contributed by atoms with Gasteiger partial charge < -0.3 is 28.5 Å². The third-order valence-electron chi connectivity index (χ3n) is 13.3. The number of quaternary nitrogens is 1. The number of ether oxygens (including phenoxy) is 4. The zero-order chi connectivity index (χ0) is 52.7. The third kappa shape index (κ3) is 55.0. The van der Waals surface area contributed by atoms with Crippen molar-refractivity contribution in [2.45, 2.75) is 289 Å². The highest BCUT2D eigenvalue weighted by molar-refractivity contribution is 5.71. The van der Waals surface area contributed by atoms with Crippen molar-refractivity contribution in [1.29, 1.82) is 0 Å². The summed E-state index contributed by atoms with van der Waals surface area (Å²) in [5.74, 6) is -1.99. The van der Waals surface area contributed by atoms with Crippen LogP contribution >= 0.6 is 0 Å². The summed E-state index contributed by atoms with van der Waals surface area (Å²) in [5, 5.41) is 9.70. The maximum Gasteiger partial charge on any atom is 0.361 e. The zero-order valence-corrected chi connectivity index (χ0v) is 47.8. The standard InChI is InChI=1S/C63H115NO8/c1-6-8-10-12-14-16-18-20-22-23-24-25-26-27-28-29-30-31-32-33-34-35-36-37-38-39-40-42-44-46-48-50-52-54-61(66)72-59(58-71-63(62(67)68)69-56-55-64(3,4)5)57-70-60(65)53-51-49-47-45-43-41-21-19-17-15-13-11-9-7-2/h8,10,14,16,20,22,24-25,59,63H,6-7,9,11-13,15,17-19,21,23,26-58H2,1-5H3/p+1/b10-8-,16-14-,22-20-,25-24-. The van der Waals surface area contributed by atoms with Crippen LogP contribution in [0, 0.1) is 0 Å². The Morgan fingerprint density at radius 1 is 0.431 bits per heavy atom. The molecule has 0 aliphatic carbocycles. The first-order valence-electron chi connectivity index (χ1n) is 30.3. The first-order valence-corrected chi connectivity index (χ1v) is 30.3. The van der Waals surface area contributed by atoms with E-state index in [4.69, 9.17) is 18.9 Å². The average Bonchev–Trinajstić information content (AvgIpc) is 3.35. The Morgan fingerprint density at radius 3 is 1.18 bits per heavy atom. The monoisotopic (exact) mass is 1010 g/mol. The molecule has 0 aromatic carbocycles. The van der Waals surface area contributed by atoms with Gasteiger partial charge >= 0.3 is 17.9 Å². The SMILES string of the molecule is CC/C=C\C/C=C\C/C=C\C/C=C\CCCCCCCCCCCCCCCCCCCCCCC(=O)OC(COC(=O)CCCCCCCCCCCCCCCC)COC(OCC[N+](C)(C)C)C(=O)O. The quantitative estimate of drug-likeness (QED) is 0.0211. The highest BCUT2D eigenvalue weighted by Gasteiger charge is 2.25. The fourth-order valence-corrected chi connectivity index (χ4v) is 8.71. The lowest BCUT2D eigenvalue weighted by atomic mass is 10.0. The van der Waals surface area contributed by atoms with E-state index in [0.29, 0.717) is 17.4 Å². The Bertz CT molecular complexity index is 1320. The minimum atomic E-state index is -1.51. The Balaban J connectivity index is 4.05. The number of carbonyl (C=O) groups excluding carboxylic acids is 2. The number of carboxylic acid groups (broad SMARTS) is 1. The van der Waals surface area contributed by atoms with Crippen LogP contribution in [0.4, 0.5) is 0 Å². The molecule has 0 rings (SSSR count). The van der Waals surface area contributed by atoms with Crippen LogP contribution in [0.15, 0.2) is 48.6 Å². The van der Waals surface area contributed by atoms with Crippen LogP contribution < -0.4 is 0 Å². The molecule has 0 saturated heterocycles. The molecule has 0 fully saturated rings. The molecule has 0 spiro atoms. The molecule has 2 atom stereocenters. The van der Waals surface area contributed by atoms with Crippen LogP contribution in [0.2, 0.25) is 0 Å². The van der Waals surface area contributed by atoms with Gasteiger partial charge in [0.05, 0.1) is 34.4 Å². The minimum Gasteiger partial charge on any atom is -0.477 e. The van der Waals surface area contributed by atoms with Gasteiger partial charge in [-0.1, -0.05) is 262 Å². The van der Waals surface area contributed by atoms with Gasteiger partial charge in [0.1, 0.15) is 13.2 Å². The van der Waals surface area contributed by atoms with E-state index in [9.17, 15) is 19.5 Å². The van der Waals surface area contributed by atoms with Crippen LogP contribution in [0.1, 0.15) is 277 Å². The maximum absolute atomic E-state index is 12.9. The summed E-state index contributed by atoms with van der Waals surface area (Å²) in [4.78, 5) is 37.4. The van der Waals surface area contributed by atoms with Gasteiger partial charge in [0, 0.05) is 12.8 Å². The maximum atomic E-state index is 12.9. The van der Waals surface area contributed by atoms with Crippen molar-refractivity contribution in [2.24, 2.45) is 0 Å². The summed E-state index contributed by atoms with van der Waals surface area (Å²) >= 11 is 0. The van der Waals surface area contributed by atoms with Gasteiger partial charge in [-0.2, -0.15) is 0 Å². The van der Waals surface area contributed by atoms with Crippen LogP contribution in [0.3, 0.4) is 0 Å². The number of aliphatic carboxylic acids is 1. The lowest BCUT2D eigenvalue weighted by molar-refractivity contribution is -0.870. The summed E-state index contributed by atoms with van der Waals surface area (Å²) in [6, 6.07) is 0. The van der Waals surface area contributed by atoms with E-state index >= 15 is 0 Å². The predicted molar refractivity (Wildman–Crippen MR) is 304 cm³/mol. The van der Waals surface area contributed by atoms with Crippen LogP contribution in [-0.4, -0.2) is 87.4 Å². The second-order valence-electron chi connectivity index (χ2n) is 21.6. The van der Waals surface area contributed by atoms with Crippen LogP contribution in [0.25, 0.3) is 0 Å². The van der Waals surface area contributed by atoms with Gasteiger partial charge in [0.25, 0.3) is 6.29 Å². The number of nitrogens with zero attached hydrogens (tertiary/aromatic N) is 1. The molecule has 9 heteroatoms. The molecule has 2 unspecified atom stereocenters. The summed E-state index contributed by atoms with van der Waals surface area (Å²) < 4.78 is 22.9. The predicted octanol–water partition coefficient (Wildman–Crippen LogP) is 17.9. The second-order valence-corrected chi connectivity index (χ2v) is 21.6. The molecule has 0 aliphatic heterocycles. The average molecular weight is 1020 g/mol. The lowest BCUT2D eigenvalue weighted by Gasteiger charge is -2.25. The van der Waals surface area contributed by atoms with Crippen molar-refractivity contribution in [3.8, 4) is 0 Å². The number of likely N-dealkylation sites (N-methyl/N-ethyl adjacent to an activating group) is 1. The first-order chi connectivity index (χ1) is 35.1. The van der Waals surface area contributed by atoms with Gasteiger partial charge in [0.2, 0.25) is 0 Å². The molecule has 0 heterocycles. The summed E-state index contributed by atoms with van der Waals surface area (Å²) in [5.41, 5.74) is 0. The number of unbranched alkanes of at least 4 members (excludes halogenated alkanes) is 33. The number of esters is 2. The molecule has 0 aliphatic rings. The van der Waals surface area contributed by atoms with Gasteiger partial charge in [0.15, 0.2) is 6.10 Å². The molecular weight excluding hydrogens is 899 g/mol. The molecule has 0 aromatic rings. The number of carbonyl (C=O) groups is 3. The molecule has 0 aromatic heterocycles. The molecule has 72 heavy (non-hydrogen) atoms. The molecule has 0 bridgehead atoms. The van der Waals surface area contributed by atoms with E-state index in [2.05, 4.69) is 62.5 Å². The van der Waals surface area contributed by atoms with Gasteiger partial charge in [-0.05, 0) is 51.4 Å². The molecule has 420 valence electrons. The van der Waals surface area contributed by atoms with E-state index in [0.717, 1.165) is 64.2 Å². The highest BCUT2D eigenvalue weighted by Crippen LogP contribution is 2.17. The number of allylic oxidation sites excluding steroid dienone is 8. The summed E-state index contributed by atoms with van der Waals surface area (Å²) in [6.45, 7) is 4.80. The molecule has 0 saturated carbocycles. The molecule has 1 N–H and O–H groups in total. The van der Waals surface area contributed by atoms with Crippen molar-refractivity contribution < 1.29 is 42.9 Å². The lowest BCUT2D eigenvalue weighted by Crippen LogP contribution is -2.40. The van der Waals surface area contributed by atoms with E-state index in [1.807, 2.05) is 21.1 Å². The van der Waals surface area contributed by atoms with Crippen molar-refractivity contribution in [1.82, 2.24) is 0 Å². The topological polar surface area (TPSA) is 108 Å². The second kappa shape index (κ2) is 54.5. The Hall–Kier alpha value is -2.75. The summed E-state index contributed by atoms with van der Waals surface area (Å²) in [7, 11) is 5.98. The first kappa shape index (κ1) is 69.2. The smallest absolute Gasteiger partial charge is 0.361 e. The van der Waals surface area contributed by atoms with Crippen molar-refractivity contribution in [3.63, 3.8) is 0 Å². The van der Waals surface area contributed by atoms with Crippen LogP contribution in [-0.2, 0) is 33.3 Å².